The maximum Gasteiger partial charge on any atom is 0.316 e. The van der Waals surface area contributed by atoms with Crippen molar-refractivity contribution in [3.05, 3.63) is 42.0 Å². The van der Waals surface area contributed by atoms with Crippen molar-refractivity contribution in [2.45, 2.75) is 12.1 Å². The molecule has 0 N–H and O–H groups in total. The van der Waals surface area contributed by atoms with E-state index >= 15 is 0 Å². The van der Waals surface area contributed by atoms with Crippen LogP contribution in [-0.4, -0.2) is 37.9 Å². The Labute approximate surface area is 151 Å². The molecule has 0 aliphatic rings. The molecule has 8 heteroatoms. The molecule has 1 aromatic carbocycles. The molecular formula is C17H14N4O2S2. The molecule has 0 amide bonds. The van der Waals surface area contributed by atoms with Crippen LogP contribution in [0, 0.1) is 0 Å². The van der Waals surface area contributed by atoms with Crippen LogP contribution in [0.4, 0.5) is 0 Å². The summed E-state index contributed by atoms with van der Waals surface area (Å²) in [5.74, 6) is -0.0687. The maximum absolute atomic E-state index is 11.6. The average Bonchev–Trinajstić information content (AvgIpc) is 3.24. The quantitative estimate of drug-likeness (QED) is 0.394. The van der Waals surface area contributed by atoms with Crippen molar-refractivity contribution in [2.24, 2.45) is 0 Å². The van der Waals surface area contributed by atoms with Gasteiger partial charge in [0.15, 0.2) is 10.8 Å². The lowest BCUT2D eigenvalue weighted by molar-refractivity contribution is -0.139. The van der Waals surface area contributed by atoms with Crippen molar-refractivity contribution in [1.29, 1.82) is 0 Å². The average molecular weight is 370 g/mol. The maximum atomic E-state index is 11.6. The Balaban J connectivity index is 1.77. The highest BCUT2D eigenvalue weighted by Gasteiger charge is 2.16. The van der Waals surface area contributed by atoms with Gasteiger partial charge in [-0.2, -0.15) is 0 Å². The number of fused-ring (bicyclic) bond motifs is 3. The highest BCUT2D eigenvalue weighted by molar-refractivity contribution is 7.99. The first kappa shape index (κ1) is 16.0. The Hall–Kier alpha value is -2.45. The number of hydrogen-bond acceptors (Lipinski definition) is 7. The van der Waals surface area contributed by atoms with Crippen LogP contribution in [0.3, 0.4) is 0 Å². The Morgan fingerprint density at radius 3 is 2.92 bits per heavy atom. The molecule has 0 bridgehead atoms. The van der Waals surface area contributed by atoms with Gasteiger partial charge in [-0.1, -0.05) is 42.1 Å². The van der Waals surface area contributed by atoms with Gasteiger partial charge in [-0.05, 0) is 12.5 Å². The minimum Gasteiger partial charge on any atom is -0.465 e. The van der Waals surface area contributed by atoms with Crippen LogP contribution in [0.15, 0.2) is 47.2 Å². The molecule has 0 fully saturated rings. The van der Waals surface area contributed by atoms with Crippen molar-refractivity contribution < 1.29 is 9.53 Å². The summed E-state index contributed by atoms with van der Waals surface area (Å²) in [6.45, 7) is 2.16. The number of nitrogens with zero attached hydrogens (tertiary/aromatic N) is 4. The predicted molar refractivity (Wildman–Crippen MR) is 99.0 cm³/mol. The van der Waals surface area contributed by atoms with Gasteiger partial charge in [-0.3, -0.25) is 9.20 Å². The highest BCUT2D eigenvalue weighted by atomic mass is 32.2. The van der Waals surface area contributed by atoms with Crippen LogP contribution in [-0.2, 0) is 9.53 Å². The van der Waals surface area contributed by atoms with E-state index in [1.165, 1.54) is 11.8 Å². The van der Waals surface area contributed by atoms with Crippen molar-refractivity contribution in [3.63, 3.8) is 0 Å². The number of carbonyl (C=O) groups excluding carboxylic acids is 1. The van der Waals surface area contributed by atoms with Gasteiger partial charge in [0.25, 0.3) is 0 Å². The standard InChI is InChI=1S/C17H14N4O2S2/c1-2-23-13(22)9-25-17-20-19-15-14-12(11-6-4-3-5-7-11)8-24-16(14)18-10-21(15)17/h3-8,10H,2,9H2,1H3. The smallest absolute Gasteiger partial charge is 0.316 e. The summed E-state index contributed by atoms with van der Waals surface area (Å²) in [4.78, 5) is 17.0. The number of hydrogen-bond donors (Lipinski definition) is 0. The van der Waals surface area contributed by atoms with Crippen LogP contribution in [0.2, 0.25) is 0 Å². The van der Waals surface area contributed by atoms with Crippen molar-refractivity contribution in [3.8, 4) is 11.1 Å². The van der Waals surface area contributed by atoms with E-state index < -0.39 is 0 Å². The Morgan fingerprint density at radius 2 is 2.12 bits per heavy atom. The summed E-state index contributed by atoms with van der Waals surface area (Å²) >= 11 is 2.88. The lowest BCUT2D eigenvalue weighted by Crippen LogP contribution is -2.07. The van der Waals surface area contributed by atoms with Gasteiger partial charge < -0.3 is 4.74 Å². The second-order valence-corrected chi connectivity index (χ2v) is 7.01. The topological polar surface area (TPSA) is 69.4 Å². The van der Waals surface area contributed by atoms with Gasteiger partial charge in [0.05, 0.1) is 17.7 Å². The summed E-state index contributed by atoms with van der Waals surface area (Å²) in [5.41, 5.74) is 2.96. The summed E-state index contributed by atoms with van der Waals surface area (Å²) < 4.78 is 6.78. The molecule has 0 atom stereocenters. The first-order valence-corrected chi connectivity index (χ1v) is 9.59. The van der Waals surface area contributed by atoms with E-state index in [1.54, 1.807) is 24.6 Å². The van der Waals surface area contributed by atoms with Crippen molar-refractivity contribution in [1.82, 2.24) is 19.6 Å². The fourth-order valence-electron chi connectivity index (χ4n) is 2.58. The predicted octanol–water partition coefficient (Wildman–Crippen LogP) is 3.66. The second-order valence-electron chi connectivity index (χ2n) is 5.21. The fraction of sp³-hybridized carbons (Fsp3) is 0.176. The molecule has 0 saturated carbocycles. The number of aromatic nitrogens is 4. The molecule has 0 aliphatic heterocycles. The molecule has 0 spiro atoms. The second kappa shape index (κ2) is 6.81. The molecule has 3 aromatic heterocycles. The SMILES string of the molecule is CCOC(=O)CSc1nnc2c3c(-c4ccccc4)csc3ncn12. The molecule has 4 rings (SSSR count). The van der Waals surface area contributed by atoms with E-state index in [0.29, 0.717) is 11.8 Å². The zero-order valence-electron chi connectivity index (χ0n) is 13.4. The van der Waals surface area contributed by atoms with Crippen LogP contribution < -0.4 is 0 Å². The van der Waals surface area contributed by atoms with Crippen LogP contribution in [0.5, 0.6) is 0 Å². The Morgan fingerprint density at radius 1 is 1.28 bits per heavy atom. The summed E-state index contributed by atoms with van der Waals surface area (Å²) in [7, 11) is 0. The van der Waals surface area contributed by atoms with E-state index in [4.69, 9.17) is 4.74 Å². The number of thioether (sulfide) groups is 1. The monoisotopic (exact) mass is 370 g/mol. The van der Waals surface area contributed by atoms with E-state index in [-0.39, 0.29) is 11.7 Å². The highest BCUT2D eigenvalue weighted by Crippen LogP contribution is 2.35. The van der Waals surface area contributed by atoms with Crippen LogP contribution in [0.25, 0.3) is 27.0 Å². The first-order chi connectivity index (χ1) is 12.3. The Bertz CT molecular complexity index is 1040. The molecule has 25 heavy (non-hydrogen) atoms. The Kier molecular flexibility index (Phi) is 4.37. The fourth-order valence-corrected chi connectivity index (χ4v) is 4.19. The third-order valence-corrected chi connectivity index (χ3v) is 5.46. The van der Waals surface area contributed by atoms with Crippen LogP contribution >= 0.6 is 23.1 Å². The van der Waals surface area contributed by atoms with Gasteiger partial charge in [0, 0.05) is 10.9 Å². The molecule has 6 nitrogen and oxygen atoms in total. The minimum atomic E-state index is -0.265. The molecule has 4 aromatic rings. The number of ether oxygens (including phenoxy) is 1. The summed E-state index contributed by atoms with van der Waals surface area (Å²) in [6, 6.07) is 10.1. The van der Waals surface area contributed by atoms with E-state index in [2.05, 4.69) is 32.7 Å². The molecule has 0 radical (unpaired) electrons. The number of benzene rings is 1. The number of esters is 1. The molecule has 126 valence electrons. The molecule has 0 unspecified atom stereocenters. The number of carbonyl (C=O) groups is 1. The third-order valence-electron chi connectivity index (χ3n) is 3.66. The number of rotatable bonds is 5. The zero-order chi connectivity index (χ0) is 17.2. The summed E-state index contributed by atoms with van der Waals surface area (Å²) in [6.07, 6.45) is 1.70. The molecule has 3 heterocycles. The molecule has 0 aliphatic carbocycles. The largest absolute Gasteiger partial charge is 0.465 e. The van der Waals surface area contributed by atoms with E-state index in [9.17, 15) is 4.79 Å². The zero-order valence-corrected chi connectivity index (χ0v) is 15.0. The van der Waals surface area contributed by atoms with Crippen LogP contribution in [0.1, 0.15) is 6.92 Å². The lowest BCUT2D eigenvalue weighted by atomic mass is 10.1. The van der Waals surface area contributed by atoms with Gasteiger partial charge in [0.1, 0.15) is 11.2 Å². The van der Waals surface area contributed by atoms with Gasteiger partial charge >= 0.3 is 5.97 Å². The molecular weight excluding hydrogens is 356 g/mol. The minimum absolute atomic E-state index is 0.196. The van der Waals surface area contributed by atoms with Gasteiger partial charge in [-0.25, -0.2) is 4.98 Å². The third kappa shape index (κ3) is 2.98. The number of thiophene rings is 1. The first-order valence-electron chi connectivity index (χ1n) is 7.72. The lowest BCUT2D eigenvalue weighted by Gasteiger charge is -2.02. The van der Waals surface area contributed by atoms with E-state index in [0.717, 1.165) is 27.0 Å². The van der Waals surface area contributed by atoms with Gasteiger partial charge in [-0.15, -0.1) is 21.5 Å². The summed E-state index contributed by atoms with van der Waals surface area (Å²) in [5, 5.41) is 12.3. The van der Waals surface area contributed by atoms with E-state index in [1.807, 2.05) is 22.6 Å². The normalized spacial score (nSPS) is 11.2. The van der Waals surface area contributed by atoms with Gasteiger partial charge in [0.2, 0.25) is 0 Å². The van der Waals surface area contributed by atoms with Crippen molar-refractivity contribution >= 4 is 44.9 Å². The van der Waals surface area contributed by atoms with Crippen molar-refractivity contribution in [2.75, 3.05) is 12.4 Å². The molecule has 0 saturated heterocycles.